The summed E-state index contributed by atoms with van der Waals surface area (Å²) in [5.41, 5.74) is 1.60. The van der Waals surface area contributed by atoms with Crippen LogP contribution in [0.2, 0.25) is 0 Å². The van der Waals surface area contributed by atoms with Crippen molar-refractivity contribution in [2.45, 2.75) is 38.1 Å². The lowest BCUT2D eigenvalue weighted by molar-refractivity contribution is -0.123. The first-order valence-electron chi connectivity index (χ1n) is 8.33. The molecule has 2 aromatic rings. The van der Waals surface area contributed by atoms with Crippen LogP contribution >= 0.6 is 24.0 Å². The van der Waals surface area contributed by atoms with Crippen LogP contribution in [0.3, 0.4) is 0 Å². The fourth-order valence-corrected chi connectivity index (χ4v) is 3.21. The smallest absolute Gasteiger partial charge is 0.147 e. The van der Waals surface area contributed by atoms with E-state index in [-0.39, 0.29) is 29.8 Å². The van der Waals surface area contributed by atoms with Crippen LogP contribution in [0.4, 0.5) is 0 Å². The minimum atomic E-state index is -0.582. The van der Waals surface area contributed by atoms with Crippen LogP contribution in [0.1, 0.15) is 37.8 Å². The highest BCUT2D eigenvalue weighted by molar-refractivity contribution is 14.0. The predicted octanol–water partition coefficient (Wildman–Crippen LogP) is 4.91. The van der Waals surface area contributed by atoms with Crippen molar-refractivity contribution < 1.29 is 4.79 Å². The van der Waals surface area contributed by atoms with Crippen molar-refractivity contribution in [3.05, 3.63) is 71.8 Å². The zero-order valence-corrected chi connectivity index (χ0v) is 17.4. The molecule has 1 atom stereocenters. The summed E-state index contributed by atoms with van der Waals surface area (Å²) in [6.07, 6.45) is 1.31. The summed E-state index contributed by atoms with van der Waals surface area (Å²) in [6.45, 7) is 4.15. The fraction of sp³-hybridized carbons (Fsp3) is 0.381. The van der Waals surface area contributed by atoms with Gasteiger partial charge in [0.05, 0.1) is 5.41 Å². The van der Waals surface area contributed by atoms with Crippen molar-refractivity contribution in [3.63, 3.8) is 0 Å². The Hall–Kier alpha value is -1.20. The van der Waals surface area contributed by atoms with Crippen LogP contribution in [-0.2, 0) is 10.2 Å². The average molecular weight is 437 g/mol. The van der Waals surface area contributed by atoms with Gasteiger partial charge in [-0.15, -0.1) is 24.0 Å². The number of Topliss-reactive ketones (excluding diaryl/α,β-unsaturated/α-hetero) is 1. The molecule has 0 aliphatic rings. The molecule has 0 bridgehead atoms. The molecule has 24 heavy (non-hydrogen) atoms. The Morgan fingerprint density at radius 2 is 1.38 bits per heavy atom. The predicted molar refractivity (Wildman–Crippen MR) is 112 cm³/mol. The van der Waals surface area contributed by atoms with E-state index in [1.54, 1.807) is 0 Å². The molecule has 0 spiro atoms. The number of carbonyl (C=O) groups is 1. The Kier molecular flexibility index (Phi) is 8.10. The van der Waals surface area contributed by atoms with Gasteiger partial charge in [-0.1, -0.05) is 67.6 Å². The van der Waals surface area contributed by atoms with Crippen LogP contribution in [0.15, 0.2) is 60.7 Å². The highest BCUT2D eigenvalue weighted by Crippen LogP contribution is 2.39. The number of hydrogen-bond donors (Lipinski definition) is 0. The van der Waals surface area contributed by atoms with Crippen molar-refractivity contribution >= 4 is 29.8 Å². The van der Waals surface area contributed by atoms with E-state index in [2.05, 4.69) is 50.2 Å². The number of nitrogens with zero attached hydrogens (tertiary/aromatic N) is 1. The largest absolute Gasteiger partial charge is 0.307 e. The van der Waals surface area contributed by atoms with Gasteiger partial charge in [-0.25, -0.2) is 0 Å². The highest BCUT2D eigenvalue weighted by Gasteiger charge is 2.41. The lowest BCUT2D eigenvalue weighted by atomic mass is 9.67. The molecule has 0 aromatic heterocycles. The van der Waals surface area contributed by atoms with Gasteiger partial charge in [-0.3, -0.25) is 4.79 Å². The Balaban J connectivity index is 0.00000288. The lowest BCUT2D eigenvalue weighted by Crippen LogP contribution is -2.42. The molecule has 0 unspecified atom stereocenters. The number of rotatable bonds is 7. The van der Waals surface area contributed by atoms with Crippen LogP contribution in [0.25, 0.3) is 0 Å². The molecule has 0 amide bonds. The van der Waals surface area contributed by atoms with E-state index < -0.39 is 5.41 Å². The first kappa shape index (κ1) is 20.8. The maximum Gasteiger partial charge on any atom is 0.147 e. The Morgan fingerprint density at radius 1 is 0.958 bits per heavy atom. The highest BCUT2D eigenvalue weighted by atomic mass is 127. The first-order valence-corrected chi connectivity index (χ1v) is 8.33. The second-order valence-corrected chi connectivity index (χ2v) is 6.43. The van der Waals surface area contributed by atoms with Crippen molar-refractivity contribution in [1.29, 1.82) is 0 Å². The Bertz CT molecular complexity index is 585. The van der Waals surface area contributed by atoms with Gasteiger partial charge >= 0.3 is 0 Å². The number of halogens is 1. The van der Waals surface area contributed by atoms with E-state index in [0.29, 0.717) is 12.5 Å². The summed E-state index contributed by atoms with van der Waals surface area (Å²) in [5.74, 6) is 0.281. The molecular formula is C21H28INO. The fourth-order valence-electron chi connectivity index (χ4n) is 3.21. The van der Waals surface area contributed by atoms with Crippen LogP contribution in [-0.4, -0.2) is 30.8 Å². The van der Waals surface area contributed by atoms with Gasteiger partial charge in [-0.2, -0.15) is 0 Å². The van der Waals surface area contributed by atoms with Gasteiger partial charge in [0.15, 0.2) is 0 Å². The van der Waals surface area contributed by atoms with Gasteiger partial charge in [0, 0.05) is 12.5 Å². The first-order chi connectivity index (χ1) is 11.0. The third kappa shape index (κ3) is 4.25. The summed E-state index contributed by atoms with van der Waals surface area (Å²) in [5, 5.41) is 0. The SMILES string of the molecule is CCC(=O)C(C[C@H](C)N(C)C)(c1ccccc1)c1ccccc1.I. The molecule has 0 aliphatic heterocycles. The summed E-state index contributed by atoms with van der Waals surface area (Å²) < 4.78 is 0. The van der Waals surface area contributed by atoms with Gasteiger partial charge in [0.2, 0.25) is 0 Å². The maximum atomic E-state index is 13.2. The standard InChI is InChI=1S/C21H27NO.HI/c1-5-20(23)21(16-17(2)22(3)4,18-12-8-6-9-13-18)19-14-10-7-11-15-19;/h6-15,17H,5,16H2,1-4H3;1H/t17-;/m0./s1. The van der Waals surface area contributed by atoms with Crippen molar-refractivity contribution in [1.82, 2.24) is 4.90 Å². The summed E-state index contributed by atoms with van der Waals surface area (Å²) in [7, 11) is 4.14. The molecule has 2 rings (SSSR count). The molecule has 0 N–H and O–H groups in total. The number of benzene rings is 2. The molecule has 0 fully saturated rings. The molecule has 0 saturated carbocycles. The van der Waals surface area contributed by atoms with E-state index in [0.717, 1.165) is 17.5 Å². The Labute approximate surface area is 163 Å². The quantitative estimate of drug-likeness (QED) is 0.574. The zero-order chi connectivity index (χ0) is 16.9. The van der Waals surface area contributed by atoms with Gasteiger partial charge in [-0.05, 0) is 38.6 Å². The molecule has 0 radical (unpaired) electrons. The summed E-state index contributed by atoms with van der Waals surface area (Å²) >= 11 is 0. The zero-order valence-electron chi connectivity index (χ0n) is 15.0. The molecule has 0 heterocycles. The van der Waals surface area contributed by atoms with E-state index >= 15 is 0 Å². The van der Waals surface area contributed by atoms with E-state index in [4.69, 9.17) is 0 Å². The van der Waals surface area contributed by atoms with Gasteiger partial charge < -0.3 is 4.90 Å². The van der Waals surface area contributed by atoms with E-state index in [1.807, 2.05) is 43.3 Å². The molecule has 0 aliphatic carbocycles. The van der Waals surface area contributed by atoms with Crippen LogP contribution in [0.5, 0.6) is 0 Å². The van der Waals surface area contributed by atoms with Gasteiger partial charge in [0.25, 0.3) is 0 Å². The third-order valence-electron chi connectivity index (χ3n) is 4.81. The van der Waals surface area contributed by atoms with Crippen molar-refractivity contribution in [2.24, 2.45) is 0 Å². The molecule has 3 heteroatoms. The van der Waals surface area contributed by atoms with Gasteiger partial charge in [0.1, 0.15) is 5.78 Å². The molecule has 0 saturated heterocycles. The summed E-state index contributed by atoms with van der Waals surface area (Å²) in [4.78, 5) is 15.4. The summed E-state index contributed by atoms with van der Waals surface area (Å²) in [6, 6.07) is 20.7. The molecular weight excluding hydrogens is 409 g/mol. The topological polar surface area (TPSA) is 20.3 Å². The number of hydrogen-bond acceptors (Lipinski definition) is 2. The number of carbonyl (C=O) groups excluding carboxylic acids is 1. The van der Waals surface area contributed by atoms with Crippen LogP contribution < -0.4 is 0 Å². The second kappa shape index (κ2) is 9.33. The average Bonchev–Trinajstić information content (AvgIpc) is 2.60. The monoisotopic (exact) mass is 437 g/mol. The Morgan fingerprint density at radius 3 is 1.71 bits per heavy atom. The van der Waals surface area contributed by atoms with E-state index in [9.17, 15) is 4.79 Å². The minimum absolute atomic E-state index is 0. The van der Waals surface area contributed by atoms with Crippen molar-refractivity contribution in [3.8, 4) is 0 Å². The minimum Gasteiger partial charge on any atom is -0.307 e. The second-order valence-electron chi connectivity index (χ2n) is 6.43. The van der Waals surface area contributed by atoms with Crippen LogP contribution in [0, 0.1) is 0 Å². The third-order valence-corrected chi connectivity index (χ3v) is 4.81. The lowest BCUT2D eigenvalue weighted by Gasteiger charge is -2.37. The number of ketones is 1. The molecule has 130 valence electrons. The molecule has 2 nitrogen and oxygen atoms in total. The maximum absolute atomic E-state index is 13.2. The van der Waals surface area contributed by atoms with Crippen molar-refractivity contribution in [2.75, 3.05) is 14.1 Å². The normalized spacial score (nSPS) is 12.5. The molecule has 2 aromatic carbocycles. The van der Waals surface area contributed by atoms with E-state index in [1.165, 1.54) is 0 Å².